The van der Waals surface area contributed by atoms with Crippen LogP contribution in [0.2, 0.25) is 0 Å². The number of ether oxygens (including phenoxy) is 1. The molecule has 0 aliphatic rings. The van der Waals surface area contributed by atoms with Crippen LogP contribution in [-0.4, -0.2) is 32.5 Å². The number of rotatable bonds is 10. The highest BCUT2D eigenvalue weighted by Gasteiger charge is 2.48. The van der Waals surface area contributed by atoms with Gasteiger partial charge < -0.3 is 8.92 Å². The fourth-order valence-electron chi connectivity index (χ4n) is 3.37. The van der Waals surface area contributed by atoms with Gasteiger partial charge in [-0.2, -0.15) is 34.8 Å². The van der Waals surface area contributed by atoms with Crippen LogP contribution in [0, 0.1) is 0 Å². The van der Waals surface area contributed by atoms with Gasteiger partial charge in [0.15, 0.2) is 0 Å². The van der Waals surface area contributed by atoms with Gasteiger partial charge in [0, 0.05) is 19.1 Å². The summed E-state index contributed by atoms with van der Waals surface area (Å²) in [4.78, 5) is 1.79. The lowest BCUT2D eigenvalue weighted by atomic mass is 10.00. The molecular weight excluding hydrogens is 524 g/mol. The lowest BCUT2D eigenvalue weighted by Crippen LogP contribution is -2.29. The van der Waals surface area contributed by atoms with Gasteiger partial charge in [-0.05, 0) is 54.8 Å². The molecule has 208 valence electrons. The summed E-state index contributed by atoms with van der Waals surface area (Å²) in [7, 11) is -4.31. The Kier molecular flexibility index (Phi) is 12.0. The average Bonchev–Trinajstić information content (AvgIpc) is 2.83. The fraction of sp³-hybridized carbons (Fsp3) is 0.440. The summed E-state index contributed by atoms with van der Waals surface area (Å²) in [5.41, 5.74) is -5.02. The SMILES string of the molecule is CC.CCC(c1ccc(C(F)(F)F)cc1)N(C/C=C(\C)OS(=O)(=O)C(F)(F)F)Cc1ccc(OC)cc1. The van der Waals surface area contributed by atoms with Crippen molar-refractivity contribution < 1.29 is 43.7 Å². The van der Waals surface area contributed by atoms with E-state index in [9.17, 15) is 34.8 Å². The minimum atomic E-state index is -5.82. The molecule has 0 bridgehead atoms. The maximum Gasteiger partial charge on any atom is 0.534 e. The molecule has 0 amide bonds. The average molecular weight is 556 g/mol. The summed E-state index contributed by atoms with van der Waals surface area (Å²) >= 11 is 0. The first-order valence-electron chi connectivity index (χ1n) is 11.4. The first-order valence-corrected chi connectivity index (χ1v) is 12.8. The number of nitrogens with zero attached hydrogens (tertiary/aromatic N) is 1. The molecule has 5 nitrogen and oxygen atoms in total. The quantitative estimate of drug-likeness (QED) is 0.132. The molecule has 0 fully saturated rings. The molecule has 37 heavy (non-hydrogen) atoms. The fourth-order valence-corrected chi connectivity index (χ4v) is 3.88. The van der Waals surface area contributed by atoms with Crippen molar-refractivity contribution in [2.75, 3.05) is 13.7 Å². The van der Waals surface area contributed by atoms with Gasteiger partial charge in [0.1, 0.15) is 11.5 Å². The predicted molar refractivity (Wildman–Crippen MR) is 129 cm³/mol. The molecule has 0 saturated carbocycles. The molecule has 1 unspecified atom stereocenters. The molecule has 0 saturated heterocycles. The summed E-state index contributed by atoms with van der Waals surface area (Å²) in [6.45, 7) is 7.11. The zero-order chi connectivity index (χ0) is 28.4. The molecule has 1 atom stereocenters. The maximum atomic E-state index is 13.0. The molecule has 0 spiro atoms. The summed E-state index contributed by atoms with van der Waals surface area (Å²) in [6.07, 6.45) is -2.86. The Morgan fingerprint density at radius 3 is 1.95 bits per heavy atom. The van der Waals surface area contributed by atoms with Gasteiger partial charge in [-0.25, -0.2) is 0 Å². The van der Waals surface area contributed by atoms with Crippen LogP contribution in [0.15, 0.2) is 60.4 Å². The Labute approximate surface area is 213 Å². The van der Waals surface area contributed by atoms with E-state index in [0.29, 0.717) is 17.7 Å². The Morgan fingerprint density at radius 2 is 1.51 bits per heavy atom. The first kappa shape index (κ1) is 32.3. The molecule has 0 heterocycles. The second-order valence-corrected chi connectivity index (χ2v) is 9.16. The summed E-state index contributed by atoms with van der Waals surface area (Å²) in [5.74, 6) is 0.126. The molecule has 0 aliphatic carbocycles. The Balaban J connectivity index is 0.00000334. The summed E-state index contributed by atoms with van der Waals surface area (Å²) in [6, 6.07) is 11.2. The van der Waals surface area contributed by atoms with Gasteiger partial charge in [-0.3, -0.25) is 4.90 Å². The number of methoxy groups -OCH3 is 1. The van der Waals surface area contributed by atoms with Crippen LogP contribution in [0.4, 0.5) is 26.3 Å². The highest BCUT2D eigenvalue weighted by molar-refractivity contribution is 7.87. The van der Waals surface area contributed by atoms with Crippen molar-refractivity contribution in [1.29, 1.82) is 0 Å². The van der Waals surface area contributed by atoms with E-state index in [4.69, 9.17) is 4.74 Å². The zero-order valence-corrected chi connectivity index (χ0v) is 22.0. The predicted octanol–water partition coefficient (Wildman–Crippen LogP) is 7.46. The van der Waals surface area contributed by atoms with Gasteiger partial charge in [-0.15, -0.1) is 0 Å². The van der Waals surface area contributed by atoms with E-state index in [1.165, 1.54) is 25.3 Å². The van der Waals surface area contributed by atoms with Crippen molar-refractivity contribution in [3.05, 3.63) is 77.1 Å². The molecule has 12 heteroatoms. The van der Waals surface area contributed by atoms with Crippen LogP contribution in [0.3, 0.4) is 0 Å². The monoisotopic (exact) mass is 555 g/mol. The normalized spacial score (nSPS) is 13.6. The third-order valence-corrected chi connectivity index (χ3v) is 6.18. The standard InChI is InChI=1S/C23H25F6NO4S.C2H6/c1-4-21(18-7-9-19(10-8-18)22(24,25)26)30(15-17-5-11-20(33-3)12-6-17)14-13-16(2)34-35(31,32)23(27,28)29;1-2/h5-13,21H,4,14-15H2,1-3H3;1-2H3/b16-13+;. The number of alkyl halides is 6. The summed E-state index contributed by atoms with van der Waals surface area (Å²) < 4.78 is 109. The number of halogens is 6. The molecule has 2 aromatic carbocycles. The van der Waals surface area contributed by atoms with Crippen molar-refractivity contribution in [3.8, 4) is 5.75 Å². The van der Waals surface area contributed by atoms with Crippen molar-refractivity contribution in [3.63, 3.8) is 0 Å². The van der Waals surface area contributed by atoms with Crippen molar-refractivity contribution in [2.24, 2.45) is 0 Å². The lowest BCUT2D eigenvalue weighted by Gasteiger charge is -2.31. The Hall–Kier alpha value is -2.73. The maximum absolute atomic E-state index is 13.0. The number of hydrogen-bond acceptors (Lipinski definition) is 5. The van der Waals surface area contributed by atoms with E-state index in [-0.39, 0.29) is 13.1 Å². The van der Waals surface area contributed by atoms with E-state index < -0.39 is 39.2 Å². The van der Waals surface area contributed by atoms with Crippen LogP contribution in [0.25, 0.3) is 0 Å². The minimum Gasteiger partial charge on any atom is -0.497 e. The Bertz CT molecular complexity index is 1100. The third kappa shape index (κ3) is 9.58. The Morgan fingerprint density at radius 1 is 0.973 bits per heavy atom. The first-order chi connectivity index (χ1) is 17.2. The van der Waals surface area contributed by atoms with Crippen LogP contribution in [-0.2, 0) is 27.0 Å². The molecule has 0 aliphatic heterocycles. The topological polar surface area (TPSA) is 55.8 Å². The van der Waals surface area contributed by atoms with Crippen LogP contribution >= 0.6 is 0 Å². The van der Waals surface area contributed by atoms with Crippen LogP contribution < -0.4 is 4.74 Å². The van der Waals surface area contributed by atoms with Crippen LogP contribution in [0.1, 0.15) is 56.8 Å². The van der Waals surface area contributed by atoms with Gasteiger partial charge in [0.25, 0.3) is 0 Å². The third-order valence-electron chi connectivity index (χ3n) is 5.13. The lowest BCUT2D eigenvalue weighted by molar-refractivity contribution is -0.137. The van der Waals surface area contributed by atoms with E-state index in [2.05, 4.69) is 4.18 Å². The number of benzene rings is 2. The molecule has 0 N–H and O–H groups in total. The second-order valence-electron chi connectivity index (χ2n) is 7.62. The molecule has 0 radical (unpaired) electrons. The highest BCUT2D eigenvalue weighted by atomic mass is 32.2. The molecule has 2 aromatic rings. The minimum absolute atomic E-state index is 0.0369. The van der Waals surface area contributed by atoms with Gasteiger partial charge in [0.2, 0.25) is 0 Å². The van der Waals surface area contributed by atoms with Gasteiger partial charge >= 0.3 is 21.8 Å². The van der Waals surface area contributed by atoms with E-state index >= 15 is 0 Å². The molecule has 2 rings (SSSR count). The highest BCUT2D eigenvalue weighted by Crippen LogP contribution is 2.33. The van der Waals surface area contributed by atoms with Gasteiger partial charge in [-0.1, -0.05) is 45.0 Å². The smallest absolute Gasteiger partial charge is 0.497 e. The second kappa shape index (κ2) is 13.7. The largest absolute Gasteiger partial charge is 0.534 e. The van der Waals surface area contributed by atoms with Crippen LogP contribution in [0.5, 0.6) is 5.75 Å². The van der Waals surface area contributed by atoms with Crippen molar-refractivity contribution in [1.82, 2.24) is 4.90 Å². The number of allylic oxidation sites excluding steroid dienone is 1. The molecule has 0 aromatic heterocycles. The van der Waals surface area contributed by atoms with Crippen molar-refractivity contribution in [2.45, 2.75) is 58.4 Å². The van der Waals surface area contributed by atoms with E-state index in [0.717, 1.165) is 24.6 Å². The van der Waals surface area contributed by atoms with E-state index in [1.54, 1.807) is 29.2 Å². The van der Waals surface area contributed by atoms with E-state index in [1.807, 2.05) is 20.8 Å². The summed E-state index contributed by atoms with van der Waals surface area (Å²) in [5, 5.41) is 0. The van der Waals surface area contributed by atoms with Crippen molar-refractivity contribution >= 4 is 10.1 Å². The molecular formula is C25H31F6NO4S. The zero-order valence-electron chi connectivity index (χ0n) is 21.2. The number of hydrogen-bond donors (Lipinski definition) is 0. The van der Waals surface area contributed by atoms with Gasteiger partial charge in [0.05, 0.1) is 12.7 Å².